The fraction of sp³-hybridized carbons (Fsp3) is 0.500. The zero-order valence-corrected chi connectivity index (χ0v) is 13.1. The molecule has 1 aliphatic carbocycles. The van der Waals surface area contributed by atoms with Crippen LogP contribution < -0.4 is 0 Å². The quantitative estimate of drug-likeness (QED) is 0.816. The average Bonchev–Trinajstić information content (AvgIpc) is 3.29. The summed E-state index contributed by atoms with van der Waals surface area (Å²) in [6.45, 7) is 2.97. The molecule has 0 radical (unpaired) electrons. The van der Waals surface area contributed by atoms with Crippen molar-refractivity contribution in [2.24, 2.45) is 5.92 Å². The van der Waals surface area contributed by atoms with E-state index < -0.39 is 10.0 Å². The van der Waals surface area contributed by atoms with Gasteiger partial charge in [0.25, 0.3) is 0 Å². The van der Waals surface area contributed by atoms with Crippen LogP contribution in [0.25, 0.3) is 0 Å². The molecule has 1 aromatic rings. The summed E-state index contributed by atoms with van der Waals surface area (Å²) in [7, 11) is -3.44. The van der Waals surface area contributed by atoms with Crippen LogP contribution in [0.4, 0.5) is 0 Å². The van der Waals surface area contributed by atoms with Gasteiger partial charge in [0.2, 0.25) is 10.0 Å². The molecule has 5 heteroatoms. The summed E-state index contributed by atoms with van der Waals surface area (Å²) in [5, 5.41) is 8.72. The second-order valence-corrected chi connectivity index (χ2v) is 7.14. The van der Waals surface area contributed by atoms with E-state index in [0.29, 0.717) is 35.9 Å². The first-order chi connectivity index (χ1) is 10.1. The van der Waals surface area contributed by atoms with E-state index in [4.69, 9.17) is 5.11 Å². The molecule has 1 N–H and O–H groups in total. The zero-order valence-electron chi connectivity index (χ0n) is 12.2. The fourth-order valence-electron chi connectivity index (χ4n) is 2.09. The Bertz CT molecular complexity index is 639. The molecule has 4 nitrogen and oxygen atoms in total. The Balaban J connectivity index is 2.22. The maximum Gasteiger partial charge on any atom is 0.243 e. The Morgan fingerprint density at radius 3 is 2.76 bits per heavy atom. The highest BCUT2D eigenvalue weighted by Crippen LogP contribution is 2.31. The zero-order chi connectivity index (χ0) is 15.3. The van der Waals surface area contributed by atoms with Crippen molar-refractivity contribution in [2.45, 2.75) is 31.1 Å². The van der Waals surface area contributed by atoms with E-state index in [9.17, 15) is 8.42 Å². The molecular weight excluding hydrogens is 286 g/mol. The van der Waals surface area contributed by atoms with Gasteiger partial charge in [-0.05, 0) is 37.0 Å². The molecular formula is C16H21NO3S. The standard InChI is InChI=1S/C16H21NO3S/c1-2-17(13-15-9-10-15)21(19,20)16-8-5-7-14(12-16)6-3-4-11-18/h5,7-8,12,15,18H,2,4,9-11,13H2,1H3. The van der Waals surface area contributed by atoms with Gasteiger partial charge in [-0.15, -0.1) is 0 Å². The van der Waals surface area contributed by atoms with Gasteiger partial charge in [-0.25, -0.2) is 8.42 Å². The number of rotatable bonds is 6. The van der Waals surface area contributed by atoms with E-state index in [2.05, 4.69) is 11.8 Å². The minimum absolute atomic E-state index is 0.00991. The molecule has 0 atom stereocenters. The molecule has 21 heavy (non-hydrogen) atoms. The van der Waals surface area contributed by atoms with E-state index in [-0.39, 0.29) is 6.61 Å². The van der Waals surface area contributed by atoms with Crippen molar-refractivity contribution in [1.29, 1.82) is 0 Å². The van der Waals surface area contributed by atoms with Gasteiger partial charge in [-0.3, -0.25) is 0 Å². The van der Waals surface area contributed by atoms with Crippen molar-refractivity contribution >= 4 is 10.0 Å². The summed E-state index contributed by atoms with van der Waals surface area (Å²) < 4.78 is 26.8. The summed E-state index contributed by atoms with van der Waals surface area (Å²) in [4.78, 5) is 0.292. The van der Waals surface area contributed by atoms with Crippen LogP contribution in [0.1, 0.15) is 31.7 Å². The van der Waals surface area contributed by atoms with Gasteiger partial charge in [-0.1, -0.05) is 24.8 Å². The molecule has 2 rings (SSSR count). The highest BCUT2D eigenvalue weighted by molar-refractivity contribution is 7.89. The summed E-state index contributed by atoms with van der Waals surface area (Å²) in [5.74, 6) is 6.20. The molecule has 0 saturated heterocycles. The number of benzene rings is 1. The number of aliphatic hydroxyl groups is 1. The van der Waals surface area contributed by atoms with Crippen molar-refractivity contribution in [3.63, 3.8) is 0 Å². The van der Waals surface area contributed by atoms with Gasteiger partial charge in [-0.2, -0.15) is 4.31 Å². The smallest absolute Gasteiger partial charge is 0.243 e. The predicted octanol–water partition coefficient (Wildman–Crippen LogP) is 1.84. The van der Waals surface area contributed by atoms with Crippen molar-refractivity contribution in [2.75, 3.05) is 19.7 Å². The second kappa shape index (κ2) is 7.08. The number of aliphatic hydroxyl groups excluding tert-OH is 1. The van der Waals surface area contributed by atoms with E-state index in [1.807, 2.05) is 6.92 Å². The fourth-order valence-corrected chi connectivity index (χ4v) is 3.66. The molecule has 1 saturated carbocycles. The van der Waals surface area contributed by atoms with Crippen molar-refractivity contribution in [3.8, 4) is 11.8 Å². The first kappa shape index (κ1) is 16.0. The Labute approximate surface area is 126 Å². The Kier molecular flexibility index (Phi) is 5.40. The van der Waals surface area contributed by atoms with Gasteiger partial charge < -0.3 is 5.11 Å². The second-order valence-electron chi connectivity index (χ2n) is 5.20. The molecule has 1 aliphatic rings. The predicted molar refractivity (Wildman–Crippen MR) is 82.2 cm³/mol. The van der Waals surface area contributed by atoms with Crippen molar-refractivity contribution in [3.05, 3.63) is 29.8 Å². The van der Waals surface area contributed by atoms with Gasteiger partial charge in [0, 0.05) is 25.1 Å². The van der Waals surface area contributed by atoms with Gasteiger partial charge >= 0.3 is 0 Å². The molecule has 0 amide bonds. The minimum Gasteiger partial charge on any atom is -0.395 e. The third kappa shape index (κ3) is 4.31. The van der Waals surface area contributed by atoms with Gasteiger partial charge in [0.15, 0.2) is 0 Å². The Morgan fingerprint density at radius 1 is 1.38 bits per heavy atom. The highest BCUT2D eigenvalue weighted by Gasteiger charge is 2.30. The lowest BCUT2D eigenvalue weighted by Crippen LogP contribution is -2.32. The van der Waals surface area contributed by atoms with Crippen LogP contribution in [-0.4, -0.2) is 37.5 Å². The number of hydrogen-bond acceptors (Lipinski definition) is 3. The van der Waals surface area contributed by atoms with Crippen molar-refractivity contribution in [1.82, 2.24) is 4.31 Å². The molecule has 0 bridgehead atoms. The van der Waals surface area contributed by atoms with Crippen LogP contribution in [0.2, 0.25) is 0 Å². The summed E-state index contributed by atoms with van der Waals surface area (Å²) in [5.41, 5.74) is 0.659. The molecule has 0 aromatic heterocycles. The van der Waals surface area contributed by atoms with E-state index in [1.54, 1.807) is 28.6 Å². The number of hydrogen-bond donors (Lipinski definition) is 1. The molecule has 0 spiro atoms. The largest absolute Gasteiger partial charge is 0.395 e. The normalized spacial score (nSPS) is 14.8. The van der Waals surface area contributed by atoms with Crippen LogP contribution in [0.15, 0.2) is 29.2 Å². The van der Waals surface area contributed by atoms with Crippen LogP contribution in [0, 0.1) is 17.8 Å². The van der Waals surface area contributed by atoms with Crippen LogP contribution in [0.5, 0.6) is 0 Å². The third-order valence-electron chi connectivity index (χ3n) is 3.45. The SMILES string of the molecule is CCN(CC1CC1)S(=O)(=O)c1cccc(C#CCCO)c1. The average molecular weight is 307 g/mol. The highest BCUT2D eigenvalue weighted by atomic mass is 32.2. The molecule has 0 heterocycles. The van der Waals surface area contributed by atoms with E-state index in [0.717, 1.165) is 12.8 Å². The summed E-state index contributed by atoms with van der Waals surface area (Å²) >= 11 is 0. The van der Waals surface area contributed by atoms with E-state index >= 15 is 0 Å². The molecule has 0 unspecified atom stereocenters. The van der Waals surface area contributed by atoms with Gasteiger partial charge in [0.1, 0.15) is 0 Å². The van der Waals surface area contributed by atoms with Gasteiger partial charge in [0.05, 0.1) is 11.5 Å². The van der Waals surface area contributed by atoms with Crippen molar-refractivity contribution < 1.29 is 13.5 Å². The lowest BCUT2D eigenvalue weighted by molar-refractivity contribution is 0.305. The van der Waals surface area contributed by atoms with E-state index in [1.165, 1.54) is 0 Å². The van der Waals surface area contributed by atoms with Crippen LogP contribution >= 0.6 is 0 Å². The Hall–Kier alpha value is -1.35. The number of sulfonamides is 1. The lowest BCUT2D eigenvalue weighted by atomic mass is 10.2. The summed E-state index contributed by atoms with van der Waals surface area (Å²) in [6.07, 6.45) is 2.64. The Morgan fingerprint density at radius 2 is 2.14 bits per heavy atom. The third-order valence-corrected chi connectivity index (χ3v) is 5.39. The molecule has 114 valence electrons. The maximum atomic E-state index is 12.6. The molecule has 0 aliphatic heterocycles. The van der Waals surface area contributed by atoms with Crippen LogP contribution in [0.3, 0.4) is 0 Å². The maximum absolute atomic E-state index is 12.6. The first-order valence-electron chi connectivity index (χ1n) is 7.28. The molecule has 1 aromatic carbocycles. The first-order valence-corrected chi connectivity index (χ1v) is 8.72. The lowest BCUT2D eigenvalue weighted by Gasteiger charge is -2.20. The topological polar surface area (TPSA) is 57.6 Å². The monoisotopic (exact) mass is 307 g/mol. The number of nitrogens with zero attached hydrogens (tertiary/aromatic N) is 1. The summed E-state index contributed by atoms with van der Waals surface area (Å²) in [6, 6.07) is 6.71. The molecule has 1 fully saturated rings. The minimum atomic E-state index is -3.44. The van der Waals surface area contributed by atoms with Crippen LogP contribution in [-0.2, 0) is 10.0 Å².